The van der Waals surface area contributed by atoms with Gasteiger partial charge in [-0.05, 0) is 24.3 Å². The molecule has 3 nitrogen and oxygen atoms in total. The van der Waals surface area contributed by atoms with Crippen LogP contribution < -0.4 is 4.74 Å². The normalized spacial score (nSPS) is 9.93. The molecule has 0 saturated heterocycles. The zero-order chi connectivity index (χ0) is 10.9. The summed E-state index contributed by atoms with van der Waals surface area (Å²) in [6.45, 7) is 1.89. The van der Waals surface area contributed by atoms with Crippen molar-refractivity contribution in [2.24, 2.45) is 0 Å². The first kappa shape index (κ1) is 12.4. The van der Waals surface area contributed by atoms with E-state index in [2.05, 4.69) is 22.6 Å². The third-order valence-corrected chi connectivity index (χ3v) is 2.17. The Bertz CT molecular complexity index is 284. The predicted octanol–water partition coefficient (Wildman–Crippen LogP) is 2.33. The molecule has 1 aromatic rings. The average molecular weight is 320 g/mol. The van der Waals surface area contributed by atoms with E-state index in [9.17, 15) is 4.79 Å². The molecule has 0 fully saturated rings. The number of ether oxygens (including phenoxy) is 2. The summed E-state index contributed by atoms with van der Waals surface area (Å²) in [7, 11) is 0. The third kappa shape index (κ3) is 5.13. The van der Waals surface area contributed by atoms with Crippen LogP contribution in [0.5, 0.6) is 5.75 Å². The molecule has 0 aliphatic carbocycles. The fourth-order valence-electron chi connectivity index (χ4n) is 1.02. The summed E-state index contributed by atoms with van der Waals surface area (Å²) in [4.78, 5) is 10.4. The van der Waals surface area contributed by atoms with Crippen LogP contribution in [-0.2, 0) is 4.74 Å². The van der Waals surface area contributed by atoms with Gasteiger partial charge in [0.1, 0.15) is 18.6 Å². The molecule has 0 atom stereocenters. The van der Waals surface area contributed by atoms with Crippen LogP contribution in [0, 0.1) is 0 Å². The van der Waals surface area contributed by atoms with Crippen LogP contribution in [0.1, 0.15) is 10.4 Å². The number of aldehydes is 1. The Kier molecular flexibility index (Phi) is 6.34. The van der Waals surface area contributed by atoms with Crippen molar-refractivity contribution in [3.05, 3.63) is 29.8 Å². The number of rotatable bonds is 7. The predicted molar refractivity (Wildman–Crippen MR) is 67.0 cm³/mol. The van der Waals surface area contributed by atoms with Crippen LogP contribution in [0.4, 0.5) is 0 Å². The lowest BCUT2D eigenvalue weighted by Gasteiger charge is -2.06. The van der Waals surface area contributed by atoms with E-state index in [0.717, 1.165) is 23.1 Å². The van der Waals surface area contributed by atoms with Crippen molar-refractivity contribution < 1.29 is 14.3 Å². The van der Waals surface area contributed by atoms with Gasteiger partial charge in [0.2, 0.25) is 0 Å². The van der Waals surface area contributed by atoms with Gasteiger partial charge in [-0.25, -0.2) is 0 Å². The molecule has 0 saturated carbocycles. The van der Waals surface area contributed by atoms with Gasteiger partial charge in [0, 0.05) is 9.99 Å². The van der Waals surface area contributed by atoms with E-state index >= 15 is 0 Å². The molecule has 0 spiro atoms. The summed E-state index contributed by atoms with van der Waals surface area (Å²) in [6, 6.07) is 7.02. The number of hydrogen-bond donors (Lipinski definition) is 0. The summed E-state index contributed by atoms with van der Waals surface area (Å²) in [5.74, 6) is 0.763. The lowest BCUT2D eigenvalue weighted by Crippen LogP contribution is -2.07. The third-order valence-electron chi connectivity index (χ3n) is 1.73. The minimum atomic E-state index is 0.539. The molecule has 0 N–H and O–H groups in total. The summed E-state index contributed by atoms with van der Waals surface area (Å²) in [5, 5.41) is 0. The zero-order valence-corrected chi connectivity index (χ0v) is 10.5. The van der Waals surface area contributed by atoms with E-state index in [0.29, 0.717) is 18.8 Å². The first-order valence-electron chi connectivity index (χ1n) is 4.68. The van der Waals surface area contributed by atoms with Gasteiger partial charge in [-0.2, -0.15) is 0 Å². The Morgan fingerprint density at radius 3 is 2.47 bits per heavy atom. The minimum absolute atomic E-state index is 0.539. The second kappa shape index (κ2) is 7.64. The van der Waals surface area contributed by atoms with Crippen LogP contribution in [-0.4, -0.2) is 30.5 Å². The van der Waals surface area contributed by atoms with Gasteiger partial charge < -0.3 is 9.47 Å². The molecule has 4 heteroatoms. The summed E-state index contributed by atoms with van der Waals surface area (Å²) in [5.41, 5.74) is 0.656. The number of halogens is 1. The van der Waals surface area contributed by atoms with Crippen molar-refractivity contribution in [1.82, 2.24) is 0 Å². The second-order valence-corrected chi connectivity index (χ2v) is 3.92. The largest absolute Gasteiger partial charge is 0.491 e. The van der Waals surface area contributed by atoms with Gasteiger partial charge >= 0.3 is 0 Å². The Balaban J connectivity index is 2.22. The van der Waals surface area contributed by atoms with E-state index in [4.69, 9.17) is 9.47 Å². The molecule has 15 heavy (non-hydrogen) atoms. The highest BCUT2D eigenvalue weighted by atomic mass is 127. The molecular formula is C11H13IO3. The van der Waals surface area contributed by atoms with Gasteiger partial charge in [0.25, 0.3) is 0 Å². The van der Waals surface area contributed by atoms with Crippen LogP contribution in [0.3, 0.4) is 0 Å². The Hall–Kier alpha value is -0.620. The number of carbonyl (C=O) groups is 1. The molecule has 0 aliphatic rings. The lowest BCUT2D eigenvalue weighted by molar-refractivity contribution is 0.111. The smallest absolute Gasteiger partial charge is 0.150 e. The summed E-state index contributed by atoms with van der Waals surface area (Å²) >= 11 is 2.26. The highest BCUT2D eigenvalue weighted by Gasteiger charge is 1.94. The Morgan fingerprint density at radius 1 is 1.13 bits per heavy atom. The topological polar surface area (TPSA) is 35.5 Å². The van der Waals surface area contributed by atoms with Crippen LogP contribution in [0.15, 0.2) is 24.3 Å². The monoisotopic (exact) mass is 320 g/mol. The maximum absolute atomic E-state index is 10.4. The van der Waals surface area contributed by atoms with Crippen molar-refractivity contribution >= 4 is 28.9 Å². The minimum Gasteiger partial charge on any atom is -0.491 e. The summed E-state index contributed by atoms with van der Waals surface area (Å²) < 4.78 is 11.7. The molecule has 82 valence electrons. The second-order valence-electron chi connectivity index (χ2n) is 2.84. The average Bonchev–Trinajstić information content (AvgIpc) is 2.30. The van der Waals surface area contributed by atoms with Crippen molar-refractivity contribution in [1.29, 1.82) is 0 Å². The summed E-state index contributed by atoms with van der Waals surface area (Å²) in [6.07, 6.45) is 0.813. The maximum atomic E-state index is 10.4. The van der Waals surface area contributed by atoms with E-state index in [1.54, 1.807) is 24.3 Å². The van der Waals surface area contributed by atoms with Crippen molar-refractivity contribution in [3.8, 4) is 5.75 Å². The van der Waals surface area contributed by atoms with Gasteiger partial charge in [0.15, 0.2) is 0 Å². The van der Waals surface area contributed by atoms with Crippen LogP contribution in [0.25, 0.3) is 0 Å². The number of carbonyl (C=O) groups excluding carboxylic acids is 1. The van der Waals surface area contributed by atoms with Gasteiger partial charge in [-0.15, -0.1) is 0 Å². The van der Waals surface area contributed by atoms with Gasteiger partial charge in [0.05, 0.1) is 13.2 Å². The lowest BCUT2D eigenvalue weighted by atomic mass is 10.2. The Morgan fingerprint density at radius 2 is 1.87 bits per heavy atom. The molecule has 0 heterocycles. The molecule has 0 aliphatic heterocycles. The molecule has 0 bridgehead atoms. The molecule has 0 aromatic heterocycles. The van der Waals surface area contributed by atoms with Crippen LogP contribution in [0.2, 0.25) is 0 Å². The number of alkyl halides is 1. The van der Waals surface area contributed by atoms with Gasteiger partial charge in [-0.1, -0.05) is 22.6 Å². The van der Waals surface area contributed by atoms with E-state index in [1.807, 2.05) is 0 Å². The number of benzene rings is 1. The SMILES string of the molecule is O=Cc1ccc(OCCOCCI)cc1. The highest BCUT2D eigenvalue weighted by molar-refractivity contribution is 14.1. The molecule has 0 unspecified atom stereocenters. The zero-order valence-electron chi connectivity index (χ0n) is 8.32. The molecule has 0 amide bonds. The molecule has 1 rings (SSSR count). The maximum Gasteiger partial charge on any atom is 0.150 e. The first-order chi connectivity index (χ1) is 7.36. The van der Waals surface area contributed by atoms with Gasteiger partial charge in [-0.3, -0.25) is 4.79 Å². The standard InChI is InChI=1S/C11H13IO3/c12-5-6-14-7-8-15-11-3-1-10(9-13)2-4-11/h1-4,9H,5-8H2. The quantitative estimate of drug-likeness (QED) is 0.335. The fraction of sp³-hybridized carbons (Fsp3) is 0.364. The van der Waals surface area contributed by atoms with Crippen LogP contribution >= 0.6 is 22.6 Å². The van der Waals surface area contributed by atoms with Crippen molar-refractivity contribution in [2.75, 3.05) is 24.2 Å². The van der Waals surface area contributed by atoms with Crippen molar-refractivity contribution in [2.45, 2.75) is 0 Å². The Labute approximate surface area is 103 Å². The molecule has 1 aromatic carbocycles. The number of hydrogen-bond acceptors (Lipinski definition) is 3. The highest BCUT2D eigenvalue weighted by Crippen LogP contribution is 2.10. The molecular weight excluding hydrogens is 307 g/mol. The van der Waals surface area contributed by atoms with E-state index in [-0.39, 0.29) is 0 Å². The first-order valence-corrected chi connectivity index (χ1v) is 6.21. The van der Waals surface area contributed by atoms with Crippen molar-refractivity contribution in [3.63, 3.8) is 0 Å². The molecule has 0 radical (unpaired) electrons. The van der Waals surface area contributed by atoms with E-state index < -0.39 is 0 Å². The van der Waals surface area contributed by atoms with E-state index in [1.165, 1.54) is 0 Å². The fourth-order valence-corrected chi connectivity index (χ4v) is 1.33.